The zero-order chi connectivity index (χ0) is 13.8. The van der Waals surface area contributed by atoms with E-state index in [9.17, 15) is 0 Å². The molecular weight excluding hydrogens is 244 g/mol. The summed E-state index contributed by atoms with van der Waals surface area (Å²) in [4.78, 5) is 4.81. The number of aromatic nitrogens is 2. The van der Waals surface area contributed by atoms with Crippen LogP contribution in [-0.2, 0) is 6.42 Å². The molecule has 0 unspecified atom stereocenters. The van der Waals surface area contributed by atoms with Crippen LogP contribution in [0.2, 0.25) is 0 Å². The minimum absolute atomic E-state index is 0.988. The first-order chi connectivity index (χ1) is 9.88. The van der Waals surface area contributed by atoms with Crippen molar-refractivity contribution < 1.29 is 0 Å². The minimum atomic E-state index is 0.988. The molecule has 2 heteroatoms. The molecule has 3 aromatic rings. The summed E-state index contributed by atoms with van der Waals surface area (Å²) in [7, 11) is 0. The lowest BCUT2D eigenvalue weighted by atomic mass is 10.2. The Balaban J connectivity index is 2.08. The molecule has 0 spiro atoms. The van der Waals surface area contributed by atoms with Gasteiger partial charge < -0.3 is 4.57 Å². The standard InChI is InChI=1S/C18H18N2/c1-2-9-18-19-17(15-10-5-3-6-11-15)14-20(18)16-12-7-4-8-13-16/h3-8,10-14H,2,9H2,1H3. The topological polar surface area (TPSA) is 17.8 Å². The van der Waals surface area contributed by atoms with Crippen LogP contribution in [0.25, 0.3) is 16.9 Å². The second-order valence-electron chi connectivity index (χ2n) is 4.86. The van der Waals surface area contributed by atoms with Gasteiger partial charge in [-0.05, 0) is 18.6 Å². The van der Waals surface area contributed by atoms with Crippen LogP contribution in [0.1, 0.15) is 19.2 Å². The first-order valence-electron chi connectivity index (χ1n) is 7.07. The monoisotopic (exact) mass is 262 g/mol. The van der Waals surface area contributed by atoms with Crippen molar-refractivity contribution in [2.24, 2.45) is 0 Å². The molecule has 0 atom stereocenters. The van der Waals surface area contributed by atoms with Gasteiger partial charge in [-0.15, -0.1) is 0 Å². The van der Waals surface area contributed by atoms with Gasteiger partial charge >= 0.3 is 0 Å². The van der Waals surface area contributed by atoms with Crippen LogP contribution >= 0.6 is 0 Å². The van der Waals surface area contributed by atoms with Gasteiger partial charge in [0.05, 0.1) is 5.69 Å². The lowest BCUT2D eigenvalue weighted by Gasteiger charge is -2.05. The summed E-state index contributed by atoms with van der Waals surface area (Å²) in [6, 6.07) is 20.8. The molecule has 0 radical (unpaired) electrons. The third kappa shape index (κ3) is 2.50. The van der Waals surface area contributed by atoms with E-state index in [0.717, 1.165) is 24.4 Å². The first kappa shape index (κ1) is 12.7. The highest BCUT2D eigenvalue weighted by molar-refractivity contribution is 5.59. The highest BCUT2D eigenvalue weighted by Crippen LogP contribution is 2.22. The normalized spacial score (nSPS) is 10.7. The Morgan fingerprint density at radius 2 is 1.55 bits per heavy atom. The highest BCUT2D eigenvalue weighted by atomic mass is 15.1. The Morgan fingerprint density at radius 1 is 0.900 bits per heavy atom. The molecule has 0 aliphatic heterocycles. The number of hydrogen-bond donors (Lipinski definition) is 0. The van der Waals surface area contributed by atoms with E-state index >= 15 is 0 Å². The molecule has 2 aromatic carbocycles. The zero-order valence-electron chi connectivity index (χ0n) is 11.7. The predicted molar refractivity (Wildman–Crippen MR) is 83.0 cm³/mol. The second kappa shape index (κ2) is 5.74. The van der Waals surface area contributed by atoms with Crippen molar-refractivity contribution in [2.45, 2.75) is 19.8 Å². The second-order valence-corrected chi connectivity index (χ2v) is 4.86. The molecule has 2 nitrogen and oxygen atoms in total. The molecule has 0 bridgehead atoms. The number of aryl methyl sites for hydroxylation is 1. The third-order valence-corrected chi connectivity index (χ3v) is 3.36. The van der Waals surface area contributed by atoms with E-state index in [1.54, 1.807) is 0 Å². The van der Waals surface area contributed by atoms with Gasteiger partial charge in [-0.25, -0.2) is 4.98 Å². The number of para-hydroxylation sites is 1. The van der Waals surface area contributed by atoms with Crippen LogP contribution in [-0.4, -0.2) is 9.55 Å². The van der Waals surface area contributed by atoms with Crippen molar-refractivity contribution in [1.82, 2.24) is 9.55 Å². The number of hydrogen-bond acceptors (Lipinski definition) is 1. The maximum Gasteiger partial charge on any atom is 0.113 e. The predicted octanol–water partition coefficient (Wildman–Crippen LogP) is 4.49. The van der Waals surface area contributed by atoms with Gasteiger partial charge in [0.1, 0.15) is 5.82 Å². The van der Waals surface area contributed by atoms with E-state index in [1.807, 2.05) is 12.1 Å². The molecule has 3 rings (SSSR count). The van der Waals surface area contributed by atoms with Crippen LogP contribution in [0.4, 0.5) is 0 Å². The molecule has 0 saturated heterocycles. The average molecular weight is 262 g/mol. The summed E-state index contributed by atoms with van der Waals surface area (Å²) in [6.07, 6.45) is 4.22. The van der Waals surface area contributed by atoms with Gasteiger partial charge in [-0.1, -0.05) is 55.5 Å². The van der Waals surface area contributed by atoms with Gasteiger partial charge in [0, 0.05) is 23.9 Å². The molecule has 1 heterocycles. The highest BCUT2D eigenvalue weighted by Gasteiger charge is 2.09. The maximum absolute atomic E-state index is 4.81. The maximum atomic E-state index is 4.81. The summed E-state index contributed by atoms with van der Waals surface area (Å²) in [5.74, 6) is 1.12. The van der Waals surface area contributed by atoms with Gasteiger partial charge in [0.2, 0.25) is 0 Å². The molecule has 100 valence electrons. The van der Waals surface area contributed by atoms with Crippen molar-refractivity contribution in [1.29, 1.82) is 0 Å². The van der Waals surface area contributed by atoms with Gasteiger partial charge in [0.15, 0.2) is 0 Å². The van der Waals surface area contributed by atoms with Crippen molar-refractivity contribution >= 4 is 0 Å². The van der Waals surface area contributed by atoms with Gasteiger partial charge in [0.25, 0.3) is 0 Å². The SMILES string of the molecule is CCCc1nc(-c2ccccc2)cn1-c1ccccc1. The summed E-state index contributed by atoms with van der Waals surface area (Å²) < 4.78 is 2.20. The smallest absolute Gasteiger partial charge is 0.113 e. The molecule has 0 fully saturated rings. The van der Waals surface area contributed by atoms with Crippen LogP contribution in [0.3, 0.4) is 0 Å². The van der Waals surface area contributed by atoms with Crippen molar-refractivity contribution in [3.63, 3.8) is 0 Å². The minimum Gasteiger partial charge on any atom is -0.303 e. The van der Waals surface area contributed by atoms with Crippen LogP contribution in [0.15, 0.2) is 66.9 Å². The molecule has 0 aliphatic rings. The Morgan fingerprint density at radius 3 is 2.20 bits per heavy atom. The quantitative estimate of drug-likeness (QED) is 0.677. The van der Waals surface area contributed by atoms with Crippen molar-refractivity contribution in [3.05, 3.63) is 72.7 Å². The van der Waals surface area contributed by atoms with E-state index in [1.165, 1.54) is 11.3 Å². The molecular formula is C18H18N2. The third-order valence-electron chi connectivity index (χ3n) is 3.36. The van der Waals surface area contributed by atoms with Crippen LogP contribution in [0.5, 0.6) is 0 Å². The summed E-state index contributed by atoms with van der Waals surface area (Å²) in [5.41, 5.74) is 3.38. The van der Waals surface area contributed by atoms with E-state index in [-0.39, 0.29) is 0 Å². The van der Waals surface area contributed by atoms with Crippen LogP contribution in [0, 0.1) is 0 Å². The van der Waals surface area contributed by atoms with Gasteiger partial charge in [-0.3, -0.25) is 0 Å². The Hall–Kier alpha value is -2.35. The lowest BCUT2D eigenvalue weighted by molar-refractivity contribution is 0.809. The molecule has 1 aromatic heterocycles. The van der Waals surface area contributed by atoms with Crippen molar-refractivity contribution in [2.75, 3.05) is 0 Å². The lowest BCUT2D eigenvalue weighted by Crippen LogP contribution is -1.99. The molecule has 0 N–H and O–H groups in total. The molecule has 20 heavy (non-hydrogen) atoms. The zero-order valence-corrected chi connectivity index (χ0v) is 11.7. The van der Waals surface area contributed by atoms with Gasteiger partial charge in [-0.2, -0.15) is 0 Å². The van der Waals surface area contributed by atoms with E-state index in [0.29, 0.717) is 0 Å². The van der Waals surface area contributed by atoms with E-state index in [4.69, 9.17) is 4.98 Å². The summed E-state index contributed by atoms with van der Waals surface area (Å²) >= 11 is 0. The van der Waals surface area contributed by atoms with Crippen molar-refractivity contribution in [3.8, 4) is 16.9 Å². The number of rotatable bonds is 4. The Labute approximate surface area is 119 Å². The number of nitrogens with zero attached hydrogens (tertiary/aromatic N) is 2. The van der Waals surface area contributed by atoms with E-state index in [2.05, 4.69) is 66.2 Å². The Kier molecular flexibility index (Phi) is 3.64. The molecule has 0 saturated carbocycles. The molecule has 0 aliphatic carbocycles. The van der Waals surface area contributed by atoms with E-state index < -0.39 is 0 Å². The number of imidazole rings is 1. The largest absolute Gasteiger partial charge is 0.303 e. The van der Waals surface area contributed by atoms with Crippen LogP contribution < -0.4 is 0 Å². The number of benzene rings is 2. The fraction of sp³-hybridized carbons (Fsp3) is 0.167. The molecule has 0 amide bonds. The fourth-order valence-corrected chi connectivity index (χ4v) is 2.38. The average Bonchev–Trinajstić information content (AvgIpc) is 2.94. The first-order valence-corrected chi connectivity index (χ1v) is 7.07. The fourth-order valence-electron chi connectivity index (χ4n) is 2.38. The Bertz CT molecular complexity index is 669. The summed E-state index contributed by atoms with van der Waals surface area (Å²) in [6.45, 7) is 2.19. The summed E-state index contributed by atoms with van der Waals surface area (Å²) in [5, 5.41) is 0.